The van der Waals surface area contributed by atoms with E-state index in [0.717, 1.165) is 19.0 Å². The van der Waals surface area contributed by atoms with Crippen LogP contribution in [-0.2, 0) is 13.1 Å². The van der Waals surface area contributed by atoms with Gasteiger partial charge in [0.1, 0.15) is 0 Å². The molecule has 1 rings (SSSR count). The molecule has 0 unspecified atom stereocenters. The number of hydrogen-bond acceptors (Lipinski definition) is 2. The summed E-state index contributed by atoms with van der Waals surface area (Å²) in [6.07, 6.45) is 0. The van der Waals surface area contributed by atoms with Gasteiger partial charge < -0.3 is 10.6 Å². The van der Waals surface area contributed by atoms with Gasteiger partial charge in [-0.05, 0) is 59.7 Å². The highest BCUT2D eigenvalue weighted by atomic mass is 15.2. The van der Waals surface area contributed by atoms with Crippen LogP contribution in [0.2, 0.25) is 0 Å². The number of guanidine groups is 1. The largest absolute Gasteiger partial charge is 0.357 e. The average Bonchev–Trinajstić information content (AvgIpc) is 2.44. The maximum atomic E-state index is 4.76. The average molecular weight is 319 g/mol. The molecule has 0 spiro atoms. The second-order valence-electron chi connectivity index (χ2n) is 7.35. The third kappa shape index (κ3) is 7.51. The second kappa shape index (κ2) is 8.92. The molecule has 1 aromatic rings. The minimum absolute atomic E-state index is 0.00161. The van der Waals surface area contributed by atoms with Crippen LogP contribution in [0.3, 0.4) is 0 Å². The van der Waals surface area contributed by atoms with Crippen molar-refractivity contribution in [1.82, 2.24) is 15.5 Å². The number of hydrogen-bond donors (Lipinski definition) is 2. The summed E-state index contributed by atoms with van der Waals surface area (Å²) < 4.78 is 0. The van der Waals surface area contributed by atoms with Gasteiger partial charge in [0.05, 0.1) is 6.54 Å². The summed E-state index contributed by atoms with van der Waals surface area (Å²) in [6, 6.07) is 9.11. The van der Waals surface area contributed by atoms with E-state index < -0.39 is 0 Å². The number of nitrogens with one attached hydrogen (secondary N) is 2. The van der Waals surface area contributed by atoms with Crippen LogP contribution in [0, 0.1) is 0 Å². The molecule has 4 nitrogen and oxygen atoms in total. The Morgan fingerprint density at radius 3 is 2.30 bits per heavy atom. The van der Waals surface area contributed by atoms with Crippen molar-refractivity contribution >= 4 is 5.96 Å². The fourth-order valence-electron chi connectivity index (χ4n) is 2.14. The Morgan fingerprint density at radius 2 is 1.78 bits per heavy atom. The Hall–Kier alpha value is -1.55. The predicted molar refractivity (Wildman–Crippen MR) is 101 cm³/mol. The second-order valence-corrected chi connectivity index (χ2v) is 7.35. The molecule has 0 aliphatic carbocycles. The minimum atomic E-state index is -0.00161. The van der Waals surface area contributed by atoms with Gasteiger partial charge in [0.2, 0.25) is 0 Å². The van der Waals surface area contributed by atoms with E-state index in [1.54, 1.807) is 0 Å². The van der Waals surface area contributed by atoms with Crippen molar-refractivity contribution in [3.8, 4) is 0 Å². The summed E-state index contributed by atoms with van der Waals surface area (Å²) in [7, 11) is 2.16. The van der Waals surface area contributed by atoms with Gasteiger partial charge in [-0.1, -0.05) is 24.3 Å². The third-order valence-electron chi connectivity index (χ3n) is 3.66. The van der Waals surface area contributed by atoms with Crippen LogP contribution < -0.4 is 10.6 Å². The van der Waals surface area contributed by atoms with Gasteiger partial charge in [-0.15, -0.1) is 0 Å². The SMILES string of the molecule is CCNC(=NCc1ccccc1CN(C)C(C)C)NC(C)(C)C. The van der Waals surface area contributed by atoms with Gasteiger partial charge >= 0.3 is 0 Å². The van der Waals surface area contributed by atoms with Crippen LogP contribution in [0.25, 0.3) is 0 Å². The molecular formula is C19H34N4. The molecule has 0 radical (unpaired) electrons. The molecule has 0 heterocycles. The van der Waals surface area contributed by atoms with Crippen molar-refractivity contribution < 1.29 is 0 Å². The molecule has 0 saturated heterocycles. The standard InChI is InChI=1S/C19H34N4/c1-8-20-18(22-19(4,5)6)21-13-16-11-9-10-12-17(16)14-23(7)15(2)3/h9-12,15H,8,13-14H2,1-7H3,(H2,20,21,22). The zero-order valence-electron chi connectivity index (χ0n) is 15.9. The van der Waals surface area contributed by atoms with Crippen molar-refractivity contribution in [2.24, 2.45) is 4.99 Å². The molecule has 0 aromatic heterocycles. The fraction of sp³-hybridized carbons (Fsp3) is 0.632. The van der Waals surface area contributed by atoms with E-state index in [1.165, 1.54) is 11.1 Å². The lowest BCUT2D eigenvalue weighted by atomic mass is 10.1. The molecule has 0 atom stereocenters. The summed E-state index contributed by atoms with van der Waals surface area (Å²) in [5.74, 6) is 0.868. The number of benzene rings is 1. The van der Waals surface area contributed by atoms with Crippen molar-refractivity contribution in [1.29, 1.82) is 0 Å². The zero-order valence-corrected chi connectivity index (χ0v) is 15.9. The molecule has 1 aromatic carbocycles. The summed E-state index contributed by atoms with van der Waals surface area (Å²) >= 11 is 0. The third-order valence-corrected chi connectivity index (χ3v) is 3.66. The van der Waals surface area contributed by atoms with Crippen LogP contribution in [0.15, 0.2) is 29.3 Å². The Kier molecular flexibility index (Phi) is 7.56. The highest BCUT2D eigenvalue weighted by Crippen LogP contribution is 2.13. The van der Waals surface area contributed by atoms with Gasteiger partial charge in [-0.2, -0.15) is 0 Å². The zero-order chi connectivity index (χ0) is 17.5. The first kappa shape index (κ1) is 19.5. The maximum Gasteiger partial charge on any atom is 0.191 e. The quantitative estimate of drug-likeness (QED) is 0.624. The van der Waals surface area contributed by atoms with E-state index in [9.17, 15) is 0 Å². The topological polar surface area (TPSA) is 39.7 Å². The van der Waals surface area contributed by atoms with E-state index in [0.29, 0.717) is 12.6 Å². The lowest BCUT2D eigenvalue weighted by Crippen LogP contribution is -2.47. The Bertz CT molecular complexity index is 500. The van der Waals surface area contributed by atoms with Crippen LogP contribution in [0.5, 0.6) is 0 Å². The summed E-state index contributed by atoms with van der Waals surface area (Å²) in [6.45, 7) is 15.5. The van der Waals surface area contributed by atoms with Crippen LogP contribution in [0.1, 0.15) is 52.7 Å². The van der Waals surface area contributed by atoms with Crippen LogP contribution in [0.4, 0.5) is 0 Å². The van der Waals surface area contributed by atoms with E-state index in [2.05, 4.69) is 88.4 Å². The maximum absolute atomic E-state index is 4.76. The molecule has 0 bridgehead atoms. The first-order valence-corrected chi connectivity index (χ1v) is 8.56. The van der Waals surface area contributed by atoms with E-state index in [-0.39, 0.29) is 5.54 Å². The molecule has 0 amide bonds. The summed E-state index contributed by atoms with van der Waals surface area (Å²) in [4.78, 5) is 7.11. The van der Waals surface area contributed by atoms with Crippen molar-refractivity contribution in [2.75, 3.05) is 13.6 Å². The Morgan fingerprint density at radius 1 is 1.17 bits per heavy atom. The molecule has 130 valence electrons. The van der Waals surface area contributed by atoms with E-state index in [1.807, 2.05) is 0 Å². The highest BCUT2D eigenvalue weighted by Gasteiger charge is 2.12. The lowest BCUT2D eigenvalue weighted by molar-refractivity contribution is 0.265. The smallest absolute Gasteiger partial charge is 0.191 e. The number of rotatable bonds is 6. The van der Waals surface area contributed by atoms with Gasteiger partial charge in [-0.3, -0.25) is 4.90 Å². The molecule has 0 aliphatic heterocycles. The van der Waals surface area contributed by atoms with Gasteiger partial charge in [0.15, 0.2) is 5.96 Å². The monoisotopic (exact) mass is 318 g/mol. The first-order valence-electron chi connectivity index (χ1n) is 8.56. The van der Waals surface area contributed by atoms with E-state index >= 15 is 0 Å². The normalized spacial score (nSPS) is 12.8. The Labute approximate surface area is 142 Å². The van der Waals surface area contributed by atoms with Crippen molar-refractivity contribution in [3.05, 3.63) is 35.4 Å². The molecule has 23 heavy (non-hydrogen) atoms. The Balaban J connectivity index is 2.87. The summed E-state index contributed by atoms with van der Waals surface area (Å²) in [5.41, 5.74) is 2.63. The minimum Gasteiger partial charge on any atom is -0.357 e. The molecule has 2 N–H and O–H groups in total. The number of nitrogens with zero attached hydrogens (tertiary/aromatic N) is 2. The molecule has 0 saturated carbocycles. The van der Waals surface area contributed by atoms with Gasteiger partial charge in [0.25, 0.3) is 0 Å². The van der Waals surface area contributed by atoms with Gasteiger partial charge in [-0.25, -0.2) is 4.99 Å². The van der Waals surface area contributed by atoms with Crippen molar-refractivity contribution in [2.45, 2.75) is 66.2 Å². The molecule has 4 heteroatoms. The van der Waals surface area contributed by atoms with E-state index in [4.69, 9.17) is 4.99 Å². The molecule has 0 aliphatic rings. The number of aliphatic imine (C=N–C) groups is 1. The fourth-order valence-corrected chi connectivity index (χ4v) is 2.14. The molecular weight excluding hydrogens is 284 g/mol. The molecule has 0 fully saturated rings. The van der Waals surface area contributed by atoms with Crippen molar-refractivity contribution in [3.63, 3.8) is 0 Å². The highest BCUT2D eigenvalue weighted by molar-refractivity contribution is 5.80. The van der Waals surface area contributed by atoms with Gasteiger partial charge in [0, 0.05) is 24.7 Å². The van der Waals surface area contributed by atoms with Crippen LogP contribution in [-0.4, -0.2) is 36.0 Å². The summed E-state index contributed by atoms with van der Waals surface area (Å²) in [5, 5.41) is 6.75. The predicted octanol–water partition coefficient (Wildman–Crippen LogP) is 3.38. The van der Waals surface area contributed by atoms with Crippen LogP contribution >= 0.6 is 0 Å². The first-order chi connectivity index (χ1) is 10.7. The lowest BCUT2D eigenvalue weighted by Gasteiger charge is -2.24.